The third kappa shape index (κ3) is 4.80. The van der Waals surface area contributed by atoms with E-state index in [2.05, 4.69) is 10.4 Å². The Hall–Kier alpha value is -2.99. The van der Waals surface area contributed by atoms with Gasteiger partial charge in [-0.2, -0.15) is 5.10 Å². The van der Waals surface area contributed by atoms with E-state index >= 15 is 0 Å². The molecule has 0 aliphatic carbocycles. The number of aromatic nitrogens is 2. The average Bonchev–Trinajstić information content (AvgIpc) is 3.04. The molecule has 1 heterocycles. The largest absolute Gasteiger partial charge is 0.497 e. The highest BCUT2D eigenvalue weighted by Crippen LogP contribution is 2.22. The molecular weight excluding hydrogens is 366 g/mol. The number of hydrogen-bond donors (Lipinski definition) is 1. The van der Waals surface area contributed by atoms with E-state index < -0.39 is 6.09 Å². The molecule has 0 spiro atoms. The lowest BCUT2D eigenvalue weighted by Gasteiger charge is -2.08. The lowest BCUT2D eigenvalue weighted by atomic mass is 10.1. The van der Waals surface area contributed by atoms with Crippen molar-refractivity contribution in [3.8, 4) is 17.2 Å². The first kappa shape index (κ1) is 18.8. The van der Waals surface area contributed by atoms with Crippen molar-refractivity contribution in [2.24, 2.45) is 0 Å². The summed E-state index contributed by atoms with van der Waals surface area (Å²) >= 11 is 5.86. The van der Waals surface area contributed by atoms with Crippen LogP contribution in [0.2, 0.25) is 5.02 Å². The van der Waals surface area contributed by atoms with Crippen molar-refractivity contribution in [1.29, 1.82) is 0 Å². The predicted octanol–water partition coefficient (Wildman–Crippen LogP) is 4.17. The van der Waals surface area contributed by atoms with Gasteiger partial charge in [-0.3, -0.25) is 0 Å². The Kier molecular flexibility index (Phi) is 5.98. The fraction of sp³-hybridized carbons (Fsp3) is 0.200. The van der Waals surface area contributed by atoms with E-state index in [-0.39, 0.29) is 0 Å². The number of nitrogens with zero attached hydrogens (tertiary/aromatic N) is 2. The first-order valence-corrected chi connectivity index (χ1v) is 8.84. The van der Waals surface area contributed by atoms with Crippen LogP contribution < -0.4 is 14.8 Å². The molecule has 1 N–H and O–H groups in total. The molecule has 0 aliphatic rings. The molecule has 1 amide bonds. The summed E-state index contributed by atoms with van der Waals surface area (Å²) in [7, 11) is 1.62. The van der Waals surface area contributed by atoms with Gasteiger partial charge in [0.05, 0.1) is 24.7 Å². The van der Waals surface area contributed by atoms with Crippen LogP contribution in [-0.2, 0) is 6.42 Å². The van der Waals surface area contributed by atoms with Gasteiger partial charge in [-0.1, -0.05) is 23.7 Å². The molecule has 3 rings (SSSR count). The van der Waals surface area contributed by atoms with Crippen molar-refractivity contribution in [3.05, 3.63) is 71.0 Å². The van der Waals surface area contributed by atoms with Gasteiger partial charge >= 0.3 is 6.09 Å². The SMILES string of the molecule is COc1ccc(-n2ncc(OC(=O)NCCc3ccc(Cl)cc3)c2C)cc1. The van der Waals surface area contributed by atoms with E-state index in [0.29, 0.717) is 23.7 Å². The Morgan fingerprint density at radius 1 is 1.15 bits per heavy atom. The number of ether oxygens (including phenoxy) is 2. The fourth-order valence-electron chi connectivity index (χ4n) is 2.57. The van der Waals surface area contributed by atoms with Crippen LogP contribution in [0.25, 0.3) is 5.69 Å². The number of amides is 1. The van der Waals surface area contributed by atoms with Crippen LogP contribution in [0.4, 0.5) is 4.79 Å². The fourth-order valence-corrected chi connectivity index (χ4v) is 2.70. The van der Waals surface area contributed by atoms with Gasteiger partial charge in [0, 0.05) is 11.6 Å². The highest BCUT2D eigenvalue weighted by molar-refractivity contribution is 6.30. The molecule has 0 atom stereocenters. The van der Waals surface area contributed by atoms with Crippen LogP contribution in [0.15, 0.2) is 54.7 Å². The van der Waals surface area contributed by atoms with Crippen LogP contribution in [0, 0.1) is 6.92 Å². The van der Waals surface area contributed by atoms with Crippen LogP contribution in [-0.4, -0.2) is 29.5 Å². The molecule has 27 heavy (non-hydrogen) atoms. The maximum Gasteiger partial charge on any atom is 0.412 e. The van der Waals surface area contributed by atoms with Crippen LogP contribution in [0.3, 0.4) is 0 Å². The van der Waals surface area contributed by atoms with E-state index in [9.17, 15) is 4.79 Å². The minimum Gasteiger partial charge on any atom is -0.497 e. The van der Waals surface area contributed by atoms with Crippen molar-refractivity contribution in [3.63, 3.8) is 0 Å². The summed E-state index contributed by atoms with van der Waals surface area (Å²) in [6.07, 6.45) is 1.70. The molecule has 3 aromatic rings. The van der Waals surface area contributed by atoms with Crippen molar-refractivity contribution in [2.45, 2.75) is 13.3 Å². The number of carbonyl (C=O) groups excluding carboxylic acids is 1. The summed E-state index contributed by atoms with van der Waals surface area (Å²) in [4.78, 5) is 12.0. The number of nitrogens with one attached hydrogen (secondary N) is 1. The third-order valence-electron chi connectivity index (χ3n) is 4.08. The zero-order valence-electron chi connectivity index (χ0n) is 15.1. The Morgan fingerprint density at radius 3 is 2.52 bits per heavy atom. The summed E-state index contributed by atoms with van der Waals surface area (Å²) in [5.74, 6) is 1.18. The van der Waals surface area contributed by atoms with Crippen molar-refractivity contribution >= 4 is 17.7 Å². The normalized spacial score (nSPS) is 10.5. The quantitative estimate of drug-likeness (QED) is 0.691. The minimum absolute atomic E-state index is 0.412. The average molecular weight is 386 g/mol. The number of carbonyl (C=O) groups is 1. The zero-order valence-corrected chi connectivity index (χ0v) is 15.9. The van der Waals surface area contributed by atoms with Crippen LogP contribution in [0.1, 0.15) is 11.3 Å². The summed E-state index contributed by atoms with van der Waals surface area (Å²) in [5, 5.41) is 7.72. The topological polar surface area (TPSA) is 65.4 Å². The third-order valence-corrected chi connectivity index (χ3v) is 4.33. The Balaban J connectivity index is 1.56. The molecule has 0 unspecified atom stereocenters. The second-order valence-electron chi connectivity index (χ2n) is 5.90. The molecule has 0 bridgehead atoms. The monoisotopic (exact) mass is 385 g/mol. The summed E-state index contributed by atoms with van der Waals surface area (Å²) in [5.41, 5.74) is 2.67. The standard InChI is InChI=1S/C20H20ClN3O3/c1-14-19(13-23-24(14)17-7-9-18(26-2)10-8-17)27-20(25)22-12-11-15-3-5-16(21)6-4-15/h3-10,13H,11-12H2,1-2H3,(H,22,25). The number of halogens is 1. The van der Waals surface area contributed by atoms with Gasteiger partial charge in [0.1, 0.15) is 5.75 Å². The summed E-state index contributed by atoms with van der Waals surface area (Å²) in [6.45, 7) is 2.31. The van der Waals surface area contributed by atoms with Crippen LogP contribution in [0.5, 0.6) is 11.5 Å². The number of hydrogen-bond acceptors (Lipinski definition) is 4. The molecule has 0 saturated heterocycles. The number of benzene rings is 2. The van der Waals surface area contributed by atoms with Gasteiger partial charge in [-0.15, -0.1) is 0 Å². The lowest BCUT2D eigenvalue weighted by molar-refractivity contribution is 0.200. The van der Waals surface area contributed by atoms with Gasteiger partial charge in [0.15, 0.2) is 5.75 Å². The molecule has 0 saturated carbocycles. The molecule has 1 aromatic heterocycles. The van der Waals surface area contributed by atoms with E-state index in [1.165, 1.54) is 6.20 Å². The second kappa shape index (κ2) is 8.60. The highest BCUT2D eigenvalue weighted by atomic mass is 35.5. The number of rotatable bonds is 6. The van der Waals surface area contributed by atoms with Gasteiger partial charge in [-0.05, 0) is 55.3 Å². The van der Waals surface area contributed by atoms with Gasteiger partial charge in [0.25, 0.3) is 0 Å². The maximum absolute atomic E-state index is 12.0. The van der Waals surface area contributed by atoms with Crippen molar-refractivity contribution in [2.75, 3.05) is 13.7 Å². The number of methoxy groups -OCH3 is 1. The zero-order chi connectivity index (χ0) is 19.2. The second-order valence-corrected chi connectivity index (χ2v) is 6.33. The Morgan fingerprint density at radius 2 is 1.85 bits per heavy atom. The van der Waals surface area contributed by atoms with Gasteiger partial charge < -0.3 is 14.8 Å². The first-order chi connectivity index (χ1) is 13.1. The van der Waals surface area contributed by atoms with Crippen LogP contribution >= 0.6 is 11.6 Å². The molecule has 6 nitrogen and oxygen atoms in total. The van der Waals surface area contributed by atoms with Gasteiger partial charge in [0.2, 0.25) is 0 Å². The molecular formula is C20H20ClN3O3. The molecule has 2 aromatic carbocycles. The molecule has 0 fully saturated rings. The van der Waals surface area contributed by atoms with E-state index in [0.717, 1.165) is 22.7 Å². The Bertz CT molecular complexity index is 905. The molecule has 140 valence electrons. The Labute approximate surface area is 162 Å². The summed E-state index contributed by atoms with van der Waals surface area (Å²) in [6, 6.07) is 15.0. The van der Waals surface area contributed by atoms with E-state index in [4.69, 9.17) is 21.1 Å². The van der Waals surface area contributed by atoms with E-state index in [1.54, 1.807) is 11.8 Å². The van der Waals surface area contributed by atoms with Gasteiger partial charge in [-0.25, -0.2) is 9.48 Å². The first-order valence-electron chi connectivity index (χ1n) is 8.46. The van der Waals surface area contributed by atoms with Crippen molar-refractivity contribution < 1.29 is 14.3 Å². The molecule has 0 aliphatic heterocycles. The molecule has 7 heteroatoms. The minimum atomic E-state index is -0.513. The van der Waals surface area contributed by atoms with E-state index in [1.807, 2.05) is 55.5 Å². The smallest absolute Gasteiger partial charge is 0.412 e. The van der Waals surface area contributed by atoms with Crippen molar-refractivity contribution in [1.82, 2.24) is 15.1 Å². The lowest BCUT2D eigenvalue weighted by Crippen LogP contribution is -2.28. The summed E-state index contributed by atoms with van der Waals surface area (Å²) < 4.78 is 12.2. The highest BCUT2D eigenvalue weighted by Gasteiger charge is 2.13. The molecule has 0 radical (unpaired) electrons. The predicted molar refractivity (Wildman–Crippen MR) is 104 cm³/mol. The maximum atomic E-state index is 12.0.